The molecule has 5 rings (SSSR count). The van der Waals surface area contributed by atoms with E-state index in [4.69, 9.17) is 83.8 Å². The number of benzene rings is 2. The number of pyridine rings is 1. The van der Waals surface area contributed by atoms with Crippen molar-refractivity contribution >= 4 is 80.5 Å². The van der Waals surface area contributed by atoms with Crippen LogP contribution in [0.25, 0.3) is 10.9 Å². The number of hydrogen-bond acceptors (Lipinski definition) is 5. The van der Waals surface area contributed by atoms with Gasteiger partial charge in [0.05, 0.1) is 25.3 Å². The molecule has 1 saturated heterocycles. The first-order chi connectivity index (χ1) is 18.5. The monoisotopic (exact) mass is 648 g/mol. The molecule has 206 valence electrons. The lowest BCUT2D eigenvalue weighted by Crippen LogP contribution is -2.46. The molecule has 0 unspecified atom stereocenters. The summed E-state index contributed by atoms with van der Waals surface area (Å²) in [7, 11) is 0. The van der Waals surface area contributed by atoms with Crippen molar-refractivity contribution in [1.29, 1.82) is 0 Å². The fourth-order valence-corrected chi connectivity index (χ4v) is 6.08. The highest BCUT2D eigenvalue weighted by Crippen LogP contribution is 2.43. The fraction of sp³-hybridized carbons (Fsp3) is 0.296. The Hall–Kier alpha value is -1.29. The van der Waals surface area contributed by atoms with E-state index in [0.717, 1.165) is 5.56 Å². The minimum atomic E-state index is -1.50. The van der Waals surface area contributed by atoms with Crippen LogP contribution in [0.15, 0.2) is 54.7 Å². The maximum absolute atomic E-state index is 11.8. The molecule has 1 N–H and O–H groups in total. The molecular formula is C27H22Cl6N2O4. The fourth-order valence-electron chi connectivity index (χ4n) is 4.67. The third-order valence-corrected chi connectivity index (χ3v) is 8.25. The van der Waals surface area contributed by atoms with Crippen LogP contribution in [-0.2, 0) is 27.4 Å². The van der Waals surface area contributed by atoms with E-state index in [1.165, 1.54) is 0 Å². The van der Waals surface area contributed by atoms with Crippen LogP contribution in [0, 0.1) is 0 Å². The van der Waals surface area contributed by atoms with Crippen LogP contribution in [0.5, 0.6) is 0 Å². The lowest BCUT2D eigenvalue weighted by Gasteiger charge is -2.31. The number of ether oxygens (including phenoxy) is 3. The summed E-state index contributed by atoms with van der Waals surface area (Å²) < 4.78 is 20.4. The molecule has 0 bridgehead atoms. The predicted octanol–water partition coefficient (Wildman–Crippen LogP) is 8.41. The molecule has 0 saturated carbocycles. The van der Waals surface area contributed by atoms with Gasteiger partial charge in [0.15, 0.2) is 6.23 Å². The predicted molar refractivity (Wildman–Crippen MR) is 155 cm³/mol. The van der Waals surface area contributed by atoms with E-state index in [2.05, 4.69) is 4.98 Å². The number of halogens is 6. The van der Waals surface area contributed by atoms with E-state index >= 15 is 0 Å². The molecule has 1 aliphatic heterocycles. The molecule has 0 radical (unpaired) electrons. The average Bonchev–Trinajstić information content (AvgIpc) is 3.38. The number of aromatic nitrogens is 2. The zero-order valence-electron chi connectivity index (χ0n) is 20.4. The van der Waals surface area contributed by atoms with E-state index in [0.29, 0.717) is 36.6 Å². The van der Waals surface area contributed by atoms with Crippen LogP contribution >= 0.6 is 69.6 Å². The SMILES string of the molecule is C[C@@]1(O)[C@H](OCc2ccc(Cl)cc2Cl)[C@@H](COCc2ccc(Cl)cc2Cl)O[C@H]1n1ccc2c(Cl)nc(Cl)cc21. The van der Waals surface area contributed by atoms with Gasteiger partial charge in [0.1, 0.15) is 28.1 Å². The van der Waals surface area contributed by atoms with Gasteiger partial charge in [-0.1, -0.05) is 81.7 Å². The van der Waals surface area contributed by atoms with Crippen molar-refractivity contribution in [2.45, 2.75) is 44.2 Å². The van der Waals surface area contributed by atoms with E-state index < -0.39 is 24.0 Å². The molecule has 4 aromatic rings. The molecule has 3 heterocycles. The maximum Gasteiger partial charge on any atom is 0.165 e. The van der Waals surface area contributed by atoms with E-state index in [-0.39, 0.29) is 30.1 Å². The van der Waals surface area contributed by atoms with Gasteiger partial charge < -0.3 is 23.9 Å². The Morgan fingerprint density at radius 1 is 0.923 bits per heavy atom. The Balaban J connectivity index is 1.42. The second kappa shape index (κ2) is 11.9. The van der Waals surface area contributed by atoms with Crippen molar-refractivity contribution in [3.63, 3.8) is 0 Å². The van der Waals surface area contributed by atoms with Gasteiger partial charge in [0, 0.05) is 31.7 Å². The Bertz CT molecular complexity index is 1510. The van der Waals surface area contributed by atoms with Crippen LogP contribution in [0.1, 0.15) is 24.3 Å². The van der Waals surface area contributed by atoms with Gasteiger partial charge in [-0.2, -0.15) is 0 Å². The number of rotatable bonds is 8. The first kappa shape index (κ1) is 29.2. The van der Waals surface area contributed by atoms with Gasteiger partial charge in [-0.15, -0.1) is 0 Å². The van der Waals surface area contributed by atoms with Crippen LogP contribution in [-0.4, -0.2) is 39.1 Å². The lowest BCUT2D eigenvalue weighted by atomic mass is 9.96. The summed E-state index contributed by atoms with van der Waals surface area (Å²) in [5.74, 6) is 0. The zero-order valence-corrected chi connectivity index (χ0v) is 24.9. The molecule has 0 aliphatic carbocycles. The largest absolute Gasteiger partial charge is 0.383 e. The lowest BCUT2D eigenvalue weighted by molar-refractivity contribution is -0.113. The van der Waals surface area contributed by atoms with Gasteiger partial charge in [-0.05, 0) is 54.4 Å². The first-order valence-corrected chi connectivity index (χ1v) is 14.1. The Morgan fingerprint density at radius 3 is 2.21 bits per heavy atom. The van der Waals surface area contributed by atoms with Gasteiger partial charge in [-0.25, -0.2) is 4.98 Å². The summed E-state index contributed by atoms with van der Waals surface area (Å²) in [5, 5.41) is 15.0. The molecule has 2 aromatic heterocycles. The van der Waals surface area contributed by atoms with Crippen molar-refractivity contribution in [1.82, 2.24) is 9.55 Å². The van der Waals surface area contributed by atoms with Gasteiger partial charge in [0.2, 0.25) is 0 Å². The Morgan fingerprint density at radius 2 is 1.56 bits per heavy atom. The van der Waals surface area contributed by atoms with Crippen LogP contribution in [0.2, 0.25) is 30.4 Å². The summed E-state index contributed by atoms with van der Waals surface area (Å²) >= 11 is 37.2. The highest BCUT2D eigenvalue weighted by atomic mass is 35.5. The number of aliphatic hydroxyl groups is 1. The van der Waals surface area contributed by atoms with Gasteiger partial charge in [-0.3, -0.25) is 0 Å². The molecular weight excluding hydrogens is 629 g/mol. The quantitative estimate of drug-likeness (QED) is 0.194. The smallest absolute Gasteiger partial charge is 0.165 e. The summed E-state index contributed by atoms with van der Waals surface area (Å²) in [5.41, 5.74) is 0.628. The summed E-state index contributed by atoms with van der Waals surface area (Å²) in [6.07, 6.45) is -0.562. The van der Waals surface area contributed by atoms with Crippen LogP contribution in [0.3, 0.4) is 0 Å². The Labute approximate surface area is 255 Å². The molecule has 4 atom stereocenters. The minimum Gasteiger partial charge on any atom is -0.383 e. The highest BCUT2D eigenvalue weighted by molar-refractivity contribution is 6.36. The second-order valence-corrected chi connectivity index (χ2v) is 11.8. The summed E-state index contributed by atoms with van der Waals surface area (Å²) in [4.78, 5) is 4.10. The molecule has 39 heavy (non-hydrogen) atoms. The van der Waals surface area contributed by atoms with Crippen molar-refractivity contribution in [2.75, 3.05) is 6.61 Å². The number of fused-ring (bicyclic) bond motifs is 1. The third kappa shape index (κ3) is 6.16. The zero-order chi connectivity index (χ0) is 27.9. The topological polar surface area (TPSA) is 65.7 Å². The van der Waals surface area contributed by atoms with E-state index in [1.807, 2.05) is 0 Å². The van der Waals surface area contributed by atoms with Crippen molar-refractivity contribution < 1.29 is 19.3 Å². The highest BCUT2D eigenvalue weighted by Gasteiger charge is 2.54. The van der Waals surface area contributed by atoms with Crippen molar-refractivity contribution in [3.05, 3.63) is 96.3 Å². The van der Waals surface area contributed by atoms with E-state index in [9.17, 15) is 5.11 Å². The van der Waals surface area contributed by atoms with Crippen molar-refractivity contribution in [3.8, 4) is 0 Å². The normalized spacial score (nSPS) is 23.1. The van der Waals surface area contributed by atoms with Crippen LogP contribution < -0.4 is 0 Å². The first-order valence-electron chi connectivity index (χ1n) is 11.8. The number of hydrogen-bond donors (Lipinski definition) is 1. The molecule has 0 amide bonds. The van der Waals surface area contributed by atoms with Crippen LogP contribution in [0.4, 0.5) is 0 Å². The van der Waals surface area contributed by atoms with Gasteiger partial charge >= 0.3 is 0 Å². The van der Waals surface area contributed by atoms with E-state index in [1.54, 1.807) is 66.2 Å². The second-order valence-electron chi connectivity index (χ2n) is 9.36. The number of nitrogens with zero attached hydrogens (tertiary/aromatic N) is 2. The molecule has 6 nitrogen and oxygen atoms in total. The third-order valence-electron chi connectivity index (χ3n) is 6.60. The molecule has 1 aliphatic rings. The molecule has 1 fully saturated rings. The van der Waals surface area contributed by atoms with Crippen molar-refractivity contribution in [2.24, 2.45) is 0 Å². The standard InChI is InChI=1S/C27H22Cl6N2O4/c1-27(36)24(38-12-15-3-5-17(29)9-20(15)31)22(13-37-11-14-2-4-16(28)8-19(14)30)39-26(27)35-7-6-18-21(35)10-23(32)34-25(18)33/h2-10,22,24,26,36H,11-13H2,1H3/t22-,24-,26-,27-/m1/s1. The summed E-state index contributed by atoms with van der Waals surface area (Å²) in [6, 6.07) is 13.8. The maximum atomic E-state index is 11.8. The molecule has 12 heteroatoms. The minimum absolute atomic E-state index is 0.104. The average molecular weight is 651 g/mol. The summed E-state index contributed by atoms with van der Waals surface area (Å²) in [6.45, 7) is 2.08. The Kier molecular flexibility index (Phi) is 8.92. The molecule has 0 spiro atoms. The molecule has 2 aromatic carbocycles. The van der Waals surface area contributed by atoms with Gasteiger partial charge in [0.25, 0.3) is 0 Å².